The Morgan fingerprint density at radius 3 is 2.29 bits per heavy atom. The molecule has 11 nitrogen and oxygen atoms in total. The van der Waals surface area contributed by atoms with Gasteiger partial charge in [-0.1, -0.05) is 0 Å². The Labute approximate surface area is 94.6 Å². The van der Waals surface area contributed by atoms with E-state index in [9.17, 15) is 25.0 Å². The summed E-state index contributed by atoms with van der Waals surface area (Å²) >= 11 is 0. The number of nitrogens with zero attached hydrogens (tertiary/aromatic N) is 2. The van der Waals surface area contributed by atoms with Crippen LogP contribution in [0.1, 0.15) is 6.92 Å². The van der Waals surface area contributed by atoms with Crippen LogP contribution in [0.3, 0.4) is 0 Å². The zero-order valence-corrected chi connectivity index (χ0v) is 8.81. The average molecular weight is 253 g/mol. The van der Waals surface area contributed by atoms with Crippen molar-refractivity contribution in [2.75, 3.05) is 13.2 Å². The van der Waals surface area contributed by atoms with E-state index in [1.807, 2.05) is 0 Å². The average Bonchev–Trinajstić information content (AvgIpc) is 2.20. The van der Waals surface area contributed by atoms with Gasteiger partial charge in [0.25, 0.3) is 10.2 Å². The van der Waals surface area contributed by atoms with Gasteiger partial charge in [-0.15, -0.1) is 20.2 Å². The largest absolute Gasteiger partial charge is 0.462 e. The number of carbonyl (C=O) groups excluding carboxylic acids is 1. The van der Waals surface area contributed by atoms with E-state index in [0.29, 0.717) is 0 Å². The maximum Gasteiger partial charge on any atom is 0.322 e. The van der Waals surface area contributed by atoms with Gasteiger partial charge in [-0.3, -0.25) is 4.79 Å². The van der Waals surface area contributed by atoms with Gasteiger partial charge in [0.1, 0.15) is 19.3 Å². The molecule has 0 radical (unpaired) electrons. The standard InChI is InChI=1S/C6H11N3O8/c1-4(7)6(10)15-2-5(17-9(13)14)3-16-8(11)12/h4-5H,2-3,7H2,1H3. The van der Waals surface area contributed by atoms with E-state index in [-0.39, 0.29) is 0 Å². The van der Waals surface area contributed by atoms with Crippen LogP contribution in [0.2, 0.25) is 0 Å². The fourth-order valence-electron chi connectivity index (χ4n) is 0.681. The second-order valence-corrected chi connectivity index (χ2v) is 2.89. The van der Waals surface area contributed by atoms with Gasteiger partial charge in [0.15, 0.2) is 6.10 Å². The lowest BCUT2D eigenvalue weighted by Crippen LogP contribution is -2.35. The minimum absolute atomic E-state index is 0.574. The monoisotopic (exact) mass is 253 g/mol. The van der Waals surface area contributed by atoms with E-state index in [2.05, 4.69) is 14.4 Å². The summed E-state index contributed by atoms with van der Waals surface area (Å²) in [4.78, 5) is 38.7. The molecular weight excluding hydrogens is 242 g/mol. The minimum Gasteiger partial charge on any atom is -0.462 e. The second-order valence-electron chi connectivity index (χ2n) is 2.89. The van der Waals surface area contributed by atoms with Crippen molar-refractivity contribution in [1.29, 1.82) is 0 Å². The summed E-state index contributed by atoms with van der Waals surface area (Å²) in [5, 5.41) is 17.6. The normalized spacial score (nSPS) is 13.3. The van der Waals surface area contributed by atoms with Crippen molar-refractivity contribution >= 4 is 5.97 Å². The fraction of sp³-hybridized carbons (Fsp3) is 0.833. The summed E-state index contributed by atoms with van der Waals surface area (Å²) in [5.74, 6) is -0.817. The molecule has 98 valence electrons. The van der Waals surface area contributed by atoms with E-state index in [0.717, 1.165) is 0 Å². The molecular formula is C6H11N3O8. The van der Waals surface area contributed by atoms with E-state index in [4.69, 9.17) is 5.73 Å². The predicted octanol–water partition coefficient (Wildman–Crippen LogP) is -1.34. The highest BCUT2D eigenvalue weighted by Crippen LogP contribution is 1.97. The van der Waals surface area contributed by atoms with Crippen molar-refractivity contribution in [2.45, 2.75) is 19.1 Å². The van der Waals surface area contributed by atoms with Gasteiger partial charge in [-0.25, -0.2) is 0 Å². The van der Waals surface area contributed by atoms with Crippen molar-refractivity contribution in [2.24, 2.45) is 5.73 Å². The van der Waals surface area contributed by atoms with Crippen LogP contribution in [0.15, 0.2) is 0 Å². The van der Waals surface area contributed by atoms with Gasteiger partial charge in [0.2, 0.25) is 0 Å². The maximum absolute atomic E-state index is 10.9. The summed E-state index contributed by atoms with van der Waals surface area (Å²) < 4.78 is 4.50. The Balaban J connectivity index is 4.14. The van der Waals surface area contributed by atoms with Crippen molar-refractivity contribution in [3.8, 4) is 0 Å². The number of nitrogens with two attached hydrogens (primary N) is 1. The molecule has 0 aromatic carbocycles. The van der Waals surface area contributed by atoms with E-state index >= 15 is 0 Å². The van der Waals surface area contributed by atoms with E-state index in [1.54, 1.807) is 0 Å². The highest BCUT2D eigenvalue weighted by molar-refractivity contribution is 5.74. The van der Waals surface area contributed by atoms with E-state index in [1.165, 1.54) is 6.92 Å². The van der Waals surface area contributed by atoms with Crippen molar-refractivity contribution in [3.63, 3.8) is 0 Å². The van der Waals surface area contributed by atoms with Crippen LogP contribution in [0.4, 0.5) is 0 Å². The van der Waals surface area contributed by atoms with Crippen LogP contribution in [0, 0.1) is 20.2 Å². The van der Waals surface area contributed by atoms with Crippen LogP contribution in [0.25, 0.3) is 0 Å². The predicted molar refractivity (Wildman–Crippen MR) is 49.4 cm³/mol. The van der Waals surface area contributed by atoms with Crippen molar-refractivity contribution < 1.29 is 29.4 Å². The lowest BCUT2D eigenvalue weighted by molar-refractivity contribution is -0.790. The van der Waals surface area contributed by atoms with Gasteiger partial charge in [-0.2, -0.15) is 0 Å². The zero-order valence-electron chi connectivity index (χ0n) is 8.81. The quantitative estimate of drug-likeness (QED) is 0.314. The van der Waals surface area contributed by atoms with Gasteiger partial charge >= 0.3 is 5.97 Å². The van der Waals surface area contributed by atoms with Gasteiger partial charge in [0.05, 0.1) is 0 Å². The Kier molecular flexibility index (Phi) is 6.25. The highest BCUT2D eigenvalue weighted by atomic mass is 17.0. The first-order chi connectivity index (χ1) is 7.82. The molecule has 2 atom stereocenters. The summed E-state index contributed by atoms with van der Waals surface area (Å²) in [7, 11) is 0. The minimum atomic E-state index is -1.39. The number of ether oxygens (including phenoxy) is 1. The Hall–Kier alpha value is -2.17. The third-order valence-electron chi connectivity index (χ3n) is 1.38. The number of rotatable bonds is 8. The first-order valence-electron chi connectivity index (χ1n) is 4.33. The third kappa shape index (κ3) is 7.72. The van der Waals surface area contributed by atoms with Gasteiger partial charge < -0.3 is 20.1 Å². The molecule has 0 amide bonds. The number of hydrogen-bond donors (Lipinski definition) is 1. The first kappa shape index (κ1) is 14.8. The lowest BCUT2D eigenvalue weighted by atomic mass is 10.3. The zero-order chi connectivity index (χ0) is 13.4. The molecule has 0 aliphatic carbocycles. The third-order valence-corrected chi connectivity index (χ3v) is 1.38. The van der Waals surface area contributed by atoms with Crippen molar-refractivity contribution in [3.05, 3.63) is 20.2 Å². The first-order valence-corrected chi connectivity index (χ1v) is 4.33. The van der Waals surface area contributed by atoms with Crippen molar-refractivity contribution in [1.82, 2.24) is 0 Å². The smallest absolute Gasteiger partial charge is 0.322 e. The molecule has 0 saturated heterocycles. The van der Waals surface area contributed by atoms with Crippen LogP contribution in [-0.2, 0) is 19.2 Å². The summed E-state index contributed by atoms with van der Waals surface area (Å²) in [6.45, 7) is 0.0363. The number of esters is 1. The van der Waals surface area contributed by atoms with Gasteiger partial charge in [0, 0.05) is 0 Å². The molecule has 0 fully saturated rings. The van der Waals surface area contributed by atoms with Crippen LogP contribution in [0.5, 0.6) is 0 Å². The van der Waals surface area contributed by atoms with E-state index < -0.39 is 41.5 Å². The maximum atomic E-state index is 10.9. The molecule has 0 heterocycles. The Morgan fingerprint density at radius 2 is 1.88 bits per heavy atom. The fourth-order valence-corrected chi connectivity index (χ4v) is 0.681. The topological polar surface area (TPSA) is 157 Å². The summed E-state index contributed by atoms with van der Waals surface area (Å²) in [5.41, 5.74) is 5.16. The molecule has 17 heavy (non-hydrogen) atoms. The molecule has 11 heteroatoms. The number of hydrogen-bond acceptors (Lipinski definition) is 9. The molecule has 0 spiro atoms. The van der Waals surface area contributed by atoms with Crippen LogP contribution in [-0.4, -0.2) is 41.5 Å². The van der Waals surface area contributed by atoms with Gasteiger partial charge in [-0.05, 0) is 6.92 Å². The molecule has 2 unspecified atom stereocenters. The molecule has 0 saturated carbocycles. The number of carbonyl (C=O) groups is 1. The molecule has 0 rings (SSSR count). The summed E-state index contributed by atoms with van der Waals surface area (Å²) in [6, 6.07) is -0.914. The Morgan fingerprint density at radius 1 is 1.29 bits per heavy atom. The SMILES string of the molecule is CC(N)C(=O)OCC(CO[N+](=O)[O-])O[N+](=O)[O-]. The molecule has 0 aliphatic rings. The molecule has 0 aromatic heterocycles. The molecule has 0 aliphatic heterocycles. The second kappa shape index (κ2) is 7.16. The molecule has 0 aromatic rings. The summed E-state index contributed by atoms with van der Waals surface area (Å²) in [6.07, 6.45) is -1.39. The van der Waals surface area contributed by atoms with Crippen LogP contribution < -0.4 is 5.73 Å². The molecule has 0 bridgehead atoms. The molecule has 2 N–H and O–H groups in total. The highest BCUT2D eigenvalue weighted by Gasteiger charge is 2.19. The lowest BCUT2D eigenvalue weighted by Gasteiger charge is -2.14. The van der Waals surface area contributed by atoms with Crippen LogP contribution >= 0.6 is 0 Å². The Bertz CT molecular complexity index is 293.